The maximum absolute atomic E-state index is 12.8. The number of nitrogens with zero attached hydrogens (tertiary/aromatic N) is 1. The number of carbonyl (C=O) groups is 1. The molecule has 1 N–H and O–H groups in total. The summed E-state index contributed by atoms with van der Waals surface area (Å²) in [6.07, 6.45) is 3.53. The van der Waals surface area contributed by atoms with Crippen LogP contribution >= 0.6 is 11.3 Å². The molecule has 1 saturated heterocycles. The lowest BCUT2D eigenvalue weighted by molar-refractivity contribution is -0.122. The molecular weight excluding hydrogens is 368 g/mol. The largest absolute Gasteiger partial charge is 0.356 e. The van der Waals surface area contributed by atoms with E-state index < -0.39 is 10.0 Å². The number of rotatable bonds is 7. The number of sulfonamides is 1. The molecule has 1 aromatic carbocycles. The van der Waals surface area contributed by atoms with Gasteiger partial charge in [-0.25, -0.2) is 8.42 Å². The molecule has 1 aromatic heterocycles. The lowest BCUT2D eigenvalue weighted by Gasteiger charge is -2.34. The van der Waals surface area contributed by atoms with Gasteiger partial charge in [0.15, 0.2) is 0 Å². The highest BCUT2D eigenvalue weighted by Gasteiger charge is 2.35. The molecule has 2 aromatic rings. The van der Waals surface area contributed by atoms with Crippen LogP contribution in [0.15, 0.2) is 52.1 Å². The van der Waals surface area contributed by atoms with Gasteiger partial charge in [-0.3, -0.25) is 4.79 Å². The van der Waals surface area contributed by atoms with Gasteiger partial charge in [0, 0.05) is 25.6 Å². The molecule has 7 heteroatoms. The Morgan fingerprint density at radius 1 is 1.15 bits per heavy atom. The zero-order valence-corrected chi connectivity index (χ0v) is 16.3. The van der Waals surface area contributed by atoms with Crippen molar-refractivity contribution in [3.05, 3.63) is 53.4 Å². The Hall–Kier alpha value is -1.70. The number of amides is 1. The fraction of sp³-hybridized carbons (Fsp3) is 0.421. The van der Waals surface area contributed by atoms with Gasteiger partial charge < -0.3 is 5.32 Å². The van der Waals surface area contributed by atoms with E-state index in [4.69, 9.17) is 0 Å². The zero-order chi connectivity index (χ0) is 18.4. The van der Waals surface area contributed by atoms with Crippen molar-refractivity contribution in [1.82, 2.24) is 9.62 Å². The van der Waals surface area contributed by atoms with Crippen molar-refractivity contribution in [1.29, 1.82) is 0 Å². The smallest absolute Gasteiger partial charge is 0.252 e. The van der Waals surface area contributed by atoms with Crippen LogP contribution in [0.2, 0.25) is 0 Å². The quantitative estimate of drug-likeness (QED) is 0.788. The second kappa shape index (κ2) is 8.79. The van der Waals surface area contributed by atoms with Crippen LogP contribution in [0.25, 0.3) is 0 Å². The molecule has 0 bridgehead atoms. The third kappa shape index (κ3) is 4.72. The SMILES string of the molecule is O=C(C[C@H]1CCCCN1S(=O)(=O)c1cccs1)NCCc1ccccc1. The lowest BCUT2D eigenvalue weighted by Crippen LogP contribution is -2.45. The maximum atomic E-state index is 12.8. The number of thiophene rings is 1. The topological polar surface area (TPSA) is 66.5 Å². The van der Waals surface area contributed by atoms with E-state index in [2.05, 4.69) is 5.32 Å². The van der Waals surface area contributed by atoms with Crippen LogP contribution in [-0.4, -0.2) is 37.8 Å². The van der Waals surface area contributed by atoms with Crippen LogP contribution in [0.1, 0.15) is 31.2 Å². The van der Waals surface area contributed by atoms with Crippen molar-refractivity contribution in [2.24, 2.45) is 0 Å². The highest BCUT2D eigenvalue weighted by molar-refractivity contribution is 7.91. The summed E-state index contributed by atoms with van der Waals surface area (Å²) in [5.41, 5.74) is 1.17. The normalized spacial score (nSPS) is 18.5. The summed E-state index contributed by atoms with van der Waals surface area (Å²) in [4.78, 5) is 12.3. The van der Waals surface area contributed by atoms with E-state index in [1.807, 2.05) is 30.3 Å². The molecule has 0 unspecified atom stereocenters. The van der Waals surface area contributed by atoms with Gasteiger partial charge in [0.1, 0.15) is 4.21 Å². The fourth-order valence-electron chi connectivity index (χ4n) is 3.30. The van der Waals surface area contributed by atoms with Gasteiger partial charge in [0.05, 0.1) is 0 Å². The van der Waals surface area contributed by atoms with Gasteiger partial charge in [-0.05, 0) is 36.3 Å². The summed E-state index contributed by atoms with van der Waals surface area (Å²) in [5, 5.41) is 4.69. The van der Waals surface area contributed by atoms with Crippen molar-refractivity contribution < 1.29 is 13.2 Å². The first kappa shape index (κ1) is 19.1. The van der Waals surface area contributed by atoms with Gasteiger partial charge in [-0.2, -0.15) is 4.31 Å². The Kier molecular flexibility index (Phi) is 6.45. The molecular formula is C19H24N2O3S2. The van der Waals surface area contributed by atoms with E-state index in [-0.39, 0.29) is 18.4 Å². The number of benzene rings is 1. The molecule has 1 atom stereocenters. The monoisotopic (exact) mass is 392 g/mol. The third-order valence-corrected chi connectivity index (χ3v) is 7.96. The van der Waals surface area contributed by atoms with E-state index in [1.54, 1.807) is 17.5 Å². The molecule has 1 aliphatic heterocycles. The average Bonchev–Trinajstić information content (AvgIpc) is 3.18. The predicted molar refractivity (Wildman–Crippen MR) is 104 cm³/mol. The molecule has 2 heterocycles. The maximum Gasteiger partial charge on any atom is 0.252 e. The Balaban J connectivity index is 1.57. The van der Waals surface area contributed by atoms with Crippen LogP contribution in [0.4, 0.5) is 0 Å². The van der Waals surface area contributed by atoms with Crippen molar-refractivity contribution in [3.63, 3.8) is 0 Å². The van der Waals surface area contributed by atoms with Crippen LogP contribution in [-0.2, 0) is 21.2 Å². The average molecular weight is 393 g/mol. The van der Waals surface area contributed by atoms with E-state index in [0.717, 1.165) is 25.7 Å². The number of nitrogens with one attached hydrogen (secondary N) is 1. The minimum absolute atomic E-state index is 0.0841. The Labute approximate surface area is 159 Å². The molecule has 3 rings (SSSR count). The second-order valence-corrected chi connectivity index (χ2v) is 9.55. The third-order valence-electron chi connectivity index (χ3n) is 4.63. The zero-order valence-electron chi connectivity index (χ0n) is 14.6. The second-order valence-electron chi connectivity index (χ2n) is 6.49. The van der Waals surface area contributed by atoms with Crippen molar-refractivity contribution in [3.8, 4) is 0 Å². The summed E-state index contributed by atoms with van der Waals surface area (Å²) in [6, 6.07) is 13.1. The summed E-state index contributed by atoms with van der Waals surface area (Å²) >= 11 is 1.23. The molecule has 0 saturated carbocycles. The predicted octanol–water partition coefficient (Wildman–Crippen LogP) is 3.04. The number of piperidine rings is 1. The molecule has 1 amide bonds. The Morgan fingerprint density at radius 2 is 1.96 bits per heavy atom. The first-order valence-electron chi connectivity index (χ1n) is 8.93. The van der Waals surface area contributed by atoms with Crippen molar-refractivity contribution >= 4 is 27.3 Å². The van der Waals surface area contributed by atoms with Crippen LogP contribution in [0.3, 0.4) is 0 Å². The Bertz CT molecular complexity index is 805. The molecule has 0 aliphatic carbocycles. The lowest BCUT2D eigenvalue weighted by atomic mass is 10.0. The summed E-state index contributed by atoms with van der Waals surface area (Å²) in [6.45, 7) is 1.05. The molecule has 26 heavy (non-hydrogen) atoms. The van der Waals surface area contributed by atoms with Crippen LogP contribution in [0.5, 0.6) is 0 Å². The highest BCUT2D eigenvalue weighted by atomic mass is 32.2. The molecule has 1 aliphatic rings. The van der Waals surface area contributed by atoms with E-state index >= 15 is 0 Å². The standard InChI is InChI=1S/C19H24N2O3S2/c22-18(20-12-11-16-7-2-1-3-8-16)15-17-9-4-5-13-21(17)26(23,24)19-10-6-14-25-19/h1-3,6-8,10,14,17H,4-5,9,11-13,15H2,(H,20,22)/t17-/m1/s1. The van der Waals surface area contributed by atoms with Crippen molar-refractivity contribution in [2.45, 2.75) is 42.4 Å². The van der Waals surface area contributed by atoms with Gasteiger partial charge >= 0.3 is 0 Å². The summed E-state index contributed by atoms with van der Waals surface area (Å²) in [5.74, 6) is -0.0841. The van der Waals surface area contributed by atoms with E-state index in [0.29, 0.717) is 17.3 Å². The number of hydrogen-bond acceptors (Lipinski definition) is 4. The highest BCUT2D eigenvalue weighted by Crippen LogP contribution is 2.29. The first-order chi connectivity index (χ1) is 12.6. The minimum Gasteiger partial charge on any atom is -0.356 e. The fourth-order valence-corrected chi connectivity index (χ4v) is 6.11. The van der Waals surface area contributed by atoms with E-state index in [9.17, 15) is 13.2 Å². The number of hydrogen-bond donors (Lipinski definition) is 1. The molecule has 5 nitrogen and oxygen atoms in total. The molecule has 0 spiro atoms. The van der Waals surface area contributed by atoms with Crippen molar-refractivity contribution in [2.75, 3.05) is 13.1 Å². The van der Waals surface area contributed by atoms with Gasteiger partial charge in [-0.1, -0.05) is 42.8 Å². The molecule has 0 radical (unpaired) electrons. The first-order valence-corrected chi connectivity index (χ1v) is 11.3. The summed E-state index contributed by atoms with van der Waals surface area (Å²) < 4.78 is 27.6. The molecule has 1 fully saturated rings. The minimum atomic E-state index is -3.51. The molecule has 140 valence electrons. The van der Waals surface area contributed by atoms with Gasteiger partial charge in [-0.15, -0.1) is 11.3 Å². The van der Waals surface area contributed by atoms with Crippen LogP contribution in [0, 0.1) is 0 Å². The summed E-state index contributed by atoms with van der Waals surface area (Å²) in [7, 11) is -3.51. The van der Waals surface area contributed by atoms with E-state index in [1.165, 1.54) is 21.2 Å². The van der Waals surface area contributed by atoms with Gasteiger partial charge in [0.25, 0.3) is 10.0 Å². The van der Waals surface area contributed by atoms with Gasteiger partial charge in [0.2, 0.25) is 5.91 Å². The Morgan fingerprint density at radius 3 is 2.69 bits per heavy atom. The number of carbonyl (C=O) groups excluding carboxylic acids is 1. The van der Waals surface area contributed by atoms with Crippen LogP contribution < -0.4 is 5.32 Å².